The molecule has 0 unspecified atom stereocenters. The van der Waals surface area contributed by atoms with E-state index in [9.17, 15) is 4.39 Å². The van der Waals surface area contributed by atoms with Crippen LogP contribution >= 0.6 is 0 Å². The molecule has 1 heterocycles. The van der Waals surface area contributed by atoms with Crippen LogP contribution in [-0.2, 0) is 6.54 Å². The zero-order chi connectivity index (χ0) is 8.10. The van der Waals surface area contributed by atoms with E-state index in [-0.39, 0.29) is 6.67 Å². The van der Waals surface area contributed by atoms with Crippen LogP contribution < -0.4 is 5.32 Å². The van der Waals surface area contributed by atoms with E-state index in [4.69, 9.17) is 4.42 Å². The van der Waals surface area contributed by atoms with Crippen LogP contribution in [0.15, 0.2) is 10.8 Å². The first kappa shape index (κ1) is 8.20. The Labute approximate surface area is 64.6 Å². The number of hydrogen-bond donors (Lipinski definition) is 1. The molecule has 0 aliphatic carbocycles. The van der Waals surface area contributed by atoms with Crippen LogP contribution in [0, 0.1) is 6.92 Å². The summed E-state index contributed by atoms with van der Waals surface area (Å²) in [4.78, 5) is 3.94. The second-order valence-corrected chi connectivity index (χ2v) is 2.22. The molecule has 0 aliphatic heterocycles. The Morgan fingerprint density at radius 3 is 3.09 bits per heavy atom. The molecule has 11 heavy (non-hydrogen) atoms. The molecular formula is C7H11FN2O. The smallest absolute Gasteiger partial charge is 0.181 e. The monoisotopic (exact) mass is 158 g/mol. The molecule has 0 saturated heterocycles. The van der Waals surface area contributed by atoms with E-state index in [0.717, 1.165) is 11.5 Å². The first-order valence-corrected chi connectivity index (χ1v) is 3.50. The molecule has 1 aromatic heterocycles. The van der Waals surface area contributed by atoms with E-state index in [1.165, 1.54) is 6.39 Å². The lowest BCUT2D eigenvalue weighted by atomic mass is 10.3. The van der Waals surface area contributed by atoms with E-state index in [1.54, 1.807) is 0 Å². The van der Waals surface area contributed by atoms with Crippen molar-refractivity contribution in [2.75, 3.05) is 13.2 Å². The quantitative estimate of drug-likeness (QED) is 0.665. The Bertz CT molecular complexity index is 212. The molecule has 0 bridgehead atoms. The summed E-state index contributed by atoms with van der Waals surface area (Å²) in [5, 5.41) is 2.88. The van der Waals surface area contributed by atoms with Crippen molar-refractivity contribution >= 4 is 0 Å². The Kier molecular flexibility index (Phi) is 3.04. The minimum absolute atomic E-state index is 0.350. The van der Waals surface area contributed by atoms with Crippen LogP contribution in [0.2, 0.25) is 0 Å². The highest BCUT2D eigenvalue weighted by molar-refractivity contribution is 5.03. The second kappa shape index (κ2) is 4.08. The third-order valence-corrected chi connectivity index (χ3v) is 1.41. The lowest BCUT2D eigenvalue weighted by molar-refractivity contribution is 0.464. The Hall–Kier alpha value is -0.900. The normalized spacial score (nSPS) is 10.4. The van der Waals surface area contributed by atoms with Gasteiger partial charge >= 0.3 is 0 Å². The van der Waals surface area contributed by atoms with Gasteiger partial charge in [0.25, 0.3) is 0 Å². The lowest BCUT2D eigenvalue weighted by Gasteiger charge is -1.97. The molecule has 0 radical (unpaired) electrons. The van der Waals surface area contributed by atoms with Gasteiger partial charge in [0.1, 0.15) is 12.4 Å². The number of aromatic nitrogens is 1. The number of aryl methyl sites for hydroxylation is 1. The van der Waals surface area contributed by atoms with Gasteiger partial charge in [0.2, 0.25) is 0 Å². The van der Waals surface area contributed by atoms with Crippen LogP contribution in [0.4, 0.5) is 4.39 Å². The first-order chi connectivity index (χ1) is 5.34. The van der Waals surface area contributed by atoms with E-state index >= 15 is 0 Å². The Balaban J connectivity index is 2.32. The maximum absolute atomic E-state index is 11.6. The first-order valence-electron chi connectivity index (χ1n) is 3.50. The SMILES string of the molecule is Cc1ocnc1CNCCF. The zero-order valence-electron chi connectivity index (χ0n) is 6.43. The van der Waals surface area contributed by atoms with Crippen LogP contribution in [-0.4, -0.2) is 18.2 Å². The van der Waals surface area contributed by atoms with Gasteiger partial charge < -0.3 is 9.73 Å². The maximum atomic E-state index is 11.6. The van der Waals surface area contributed by atoms with Crippen LogP contribution in [0.3, 0.4) is 0 Å². The summed E-state index contributed by atoms with van der Waals surface area (Å²) < 4.78 is 16.6. The van der Waals surface area contributed by atoms with Gasteiger partial charge in [0.15, 0.2) is 6.39 Å². The number of nitrogens with one attached hydrogen (secondary N) is 1. The van der Waals surface area contributed by atoms with E-state index < -0.39 is 0 Å². The van der Waals surface area contributed by atoms with Gasteiger partial charge in [-0.25, -0.2) is 9.37 Å². The number of nitrogens with zero attached hydrogens (tertiary/aromatic N) is 1. The molecule has 0 spiro atoms. The third kappa shape index (κ3) is 2.31. The van der Waals surface area contributed by atoms with Gasteiger partial charge in [0.05, 0.1) is 5.69 Å². The minimum atomic E-state index is -0.350. The zero-order valence-corrected chi connectivity index (χ0v) is 6.43. The predicted molar refractivity (Wildman–Crippen MR) is 38.9 cm³/mol. The van der Waals surface area contributed by atoms with E-state index in [0.29, 0.717) is 13.1 Å². The van der Waals surface area contributed by atoms with E-state index in [1.807, 2.05) is 6.92 Å². The van der Waals surface area contributed by atoms with Gasteiger partial charge in [-0.2, -0.15) is 0 Å². The molecule has 0 aromatic carbocycles. The van der Waals surface area contributed by atoms with Gasteiger partial charge in [-0.15, -0.1) is 0 Å². The van der Waals surface area contributed by atoms with Crippen LogP contribution in [0.1, 0.15) is 11.5 Å². The standard InChI is InChI=1S/C7H11FN2O/c1-6-7(10-5-11-6)4-9-3-2-8/h5,9H,2-4H2,1H3. The Morgan fingerprint density at radius 1 is 1.73 bits per heavy atom. The summed E-state index contributed by atoms with van der Waals surface area (Å²) in [6.07, 6.45) is 1.39. The molecule has 1 rings (SSSR count). The van der Waals surface area contributed by atoms with E-state index in [2.05, 4.69) is 10.3 Å². The van der Waals surface area contributed by atoms with Crippen molar-refractivity contribution in [3.8, 4) is 0 Å². The van der Waals surface area contributed by atoms with Crippen molar-refractivity contribution < 1.29 is 8.81 Å². The summed E-state index contributed by atoms with van der Waals surface area (Å²) in [5.74, 6) is 0.788. The van der Waals surface area contributed by atoms with Gasteiger partial charge in [-0.3, -0.25) is 0 Å². The molecule has 0 saturated carbocycles. The highest BCUT2D eigenvalue weighted by atomic mass is 19.1. The van der Waals surface area contributed by atoms with Crippen molar-refractivity contribution in [3.05, 3.63) is 17.8 Å². The molecule has 0 aliphatic rings. The molecule has 1 N–H and O–H groups in total. The molecule has 3 nitrogen and oxygen atoms in total. The average molecular weight is 158 g/mol. The fourth-order valence-electron chi connectivity index (χ4n) is 0.772. The Morgan fingerprint density at radius 2 is 2.55 bits per heavy atom. The topological polar surface area (TPSA) is 38.1 Å². The van der Waals surface area contributed by atoms with Gasteiger partial charge in [-0.05, 0) is 6.92 Å². The number of halogens is 1. The molecular weight excluding hydrogens is 147 g/mol. The van der Waals surface area contributed by atoms with Gasteiger partial charge in [0, 0.05) is 13.1 Å². The van der Waals surface area contributed by atoms with Crippen molar-refractivity contribution in [3.63, 3.8) is 0 Å². The molecule has 4 heteroatoms. The average Bonchev–Trinajstić information content (AvgIpc) is 2.37. The molecule has 0 fully saturated rings. The number of oxazole rings is 1. The summed E-state index contributed by atoms with van der Waals surface area (Å²) >= 11 is 0. The lowest BCUT2D eigenvalue weighted by Crippen LogP contribution is -2.16. The summed E-state index contributed by atoms with van der Waals surface area (Å²) in [7, 11) is 0. The van der Waals surface area contributed by atoms with Gasteiger partial charge in [-0.1, -0.05) is 0 Å². The summed E-state index contributed by atoms with van der Waals surface area (Å²) in [5.41, 5.74) is 0.846. The predicted octanol–water partition coefficient (Wildman–Crippen LogP) is 1.04. The molecule has 1 aromatic rings. The summed E-state index contributed by atoms with van der Waals surface area (Å²) in [6.45, 7) is 2.43. The number of hydrogen-bond acceptors (Lipinski definition) is 3. The van der Waals surface area contributed by atoms with Crippen LogP contribution in [0.5, 0.6) is 0 Å². The second-order valence-electron chi connectivity index (χ2n) is 2.22. The highest BCUT2D eigenvalue weighted by Crippen LogP contribution is 2.02. The summed E-state index contributed by atoms with van der Waals surface area (Å²) in [6, 6.07) is 0. The molecule has 0 amide bonds. The molecule has 62 valence electrons. The maximum Gasteiger partial charge on any atom is 0.181 e. The highest BCUT2D eigenvalue weighted by Gasteiger charge is 2.00. The van der Waals surface area contributed by atoms with Crippen molar-refractivity contribution in [2.45, 2.75) is 13.5 Å². The van der Waals surface area contributed by atoms with Crippen LogP contribution in [0.25, 0.3) is 0 Å². The fourth-order valence-corrected chi connectivity index (χ4v) is 0.772. The number of alkyl halides is 1. The third-order valence-electron chi connectivity index (χ3n) is 1.41. The van der Waals surface area contributed by atoms with Crippen molar-refractivity contribution in [1.82, 2.24) is 10.3 Å². The fraction of sp³-hybridized carbons (Fsp3) is 0.571. The largest absolute Gasteiger partial charge is 0.448 e. The minimum Gasteiger partial charge on any atom is -0.448 e. The van der Waals surface area contributed by atoms with Crippen molar-refractivity contribution in [2.24, 2.45) is 0 Å². The number of rotatable bonds is 4. The molecule has 0 atom stereocenters. The van der Waals surface area contributed by atoms with Crippen molar-refractivity contribution in [1.29, 1.82) is 0 Å².